The zero-order valence-corrected chi connectivity index (χ0v) is 25.9. The van der Waals surface area contributed by atoms with E-state index in [9.17, 15) is 39.0 Å². The normalized spacial score (nSPS) is 42.6. The first kappa shape index (κ1) is 33.5. The fraction of sp³-hybridized carbons (Fsp3) is 0.733. The zero-order chi connectivity index (χ0) is 33.2. The summed E-state index contributed by atoms with van der Waals surface area (Å²) in [4.78, 5) is 78.1. The van der Waals surface area contributed by atoms with Crippen LogP contribution >= 0.6 is 0 Å². The molecule has 0 aromatic heterocycles. The summed E-state index contributed by atoms with van der Waals surface area (Å²) in [5.41, 5.74) is -7.72. The number of esters is 5. The average molecular weight is 625 g/mol. The first-order valence-corrected chi connectivity index (χ1v) is 14.4. The molecule has 3 aliphatic carbocycles. The Labute approximate surface area is 254 Å². The molecule has 4 bridgehead atoms. The average Bonchev–Trinajstić information content (AvgIpc) is 3.05. The summed E-state index contributed by atoms with van der Waals surface area (Å²) >= 11 is 0. The van der Waals surface area contributed by atoms with Crippen molar-refractivity contribution in [1.82, 2.24) is 0 Å². The number of carbonyl (C=O) groups excluding carboxylic acids is 6. The van der Waals surface area contributed by atoms with Gasteiger partial charge in [-0.1, -0.05) is 13.5 Å². The van der Waals surface area contributed by atoms with Crippen LogP contribution in [-0.2, 0) is 57.2 Å². The van der Waals surface area contributed by atoms with E-state index in [1.807, 2.05) is 0 Å². The van der Waals surface area contributed by atoms with Crippen molar-refractivity contribution in [2.24, 2.45) is 22.7 Å². The van der Waals surface area contributed by atoms with Gasteiger partial charge in [0, 0.05) is 64.7 Å². The van der Waals surface area contributed by atoms with E-state index in [1.165, 1.54) is 6.92 Å². The highest BCUT2D eigenvalue weighted by Crippen LogP contribution is 2.68. The van der Waals surface area contributed by atoms with Gasteiger partial charge in [-0.15, -0.1) is 0 Å². The summed E-state index contributed by atoms with van der Waals surface area (Å²) in [7, 11) is 0. The second-order valence-electron chi connectivity index (χ2n) is 12.6. The lowest BCUT2D eigenvalue weighted by molar-refractivity contribution is -0.305. The lowest BCUT2D eigenvalue weighted by Crippen LogP contribution is -2.82. The van der Waals surface area contributed by atoms with Gasteiger partial charge in [0.25, 0.3) is 0 Å². The molecular weight excluding hydrogens is 584 g/mol. The van der Waals surface area contributed by atoms with Gasteiger partial charge in [-0.05, 0) is 12.5 Å². The number of rotatable bonds is 6. The van der Waals surface area contributed by atoms with Crippen molar-refractivity contribution < 1.29 is 67.4 Å². The van der Waals surface area contributed by atoms with E-state index >= 15 is 0 Å². The number of carbonyl (C=O) groups is 6. The Balaban J connectivity index is 2.25. The van der Waals surface area contributed by atoms with Crippen LogP contribution < -0.4 is 0 Å². The molecule has 0 spiro atoms. The van der Waals surface area contributed by atoms with E-state index in [1.54, 1.807) is 6.92 Å². The maximum Gasteiger partial charge on any atom is 0.303 e. The van der Waals surface area contributed by atoms with Crippen molar-refractivity contribution in [2.75, 3.05) is 13.2 Å². The molecule has 0 radical (unpaired) electrons. The largest absolute Gasteiger partial charge is 0.462 e. The molecule has 0 amide bonds. The van der Waals surface area contributed by atoms with E-state index in [0.717, 1.165) is 34.6 Å². The smallest absolute Gasteiger partial charge is 0.303 e. The summed E-state index contributed by atoms with van der Waals surface area (Å²) in [5, 5.41) is 22.7. The van der Waals surface area contributed by atoms with Crippen molar-refractivity contribution in [3.8, 4) is 0 Å². The summed E-state index contributed by atoms with van der Waals surface area (Å²) in [6.07, 6.45) is -8.59. The predicted octanol–water partition coefficient (Wildman–Crippen LogP) is 0.329. The Morgan fingerprint density at radius 2 is 1.43 bits per heavy atom. The molecule has 11 atom stereocenters. The maximum atomic E-state index is 14.1. The Kier molecular flexibility index (Phi) is 8.55. The highest BCUT2D eigenvalue weighted by atomic mass is 16.6. The SMILES string of the molecule is C=C1[C@@H](O)C[C@H](OC(C)=O)[C@@]2(CO)[C@@H](OC(C)=O)[C@H](OC(C)=O)[C@]3(OC(C)=O)[C@@]4(C)CO[C@]3(C)C(=O)C[C@H]4[C@@H](OC(C)=O)[C@H]12. The maximum absolute atomic E-state index is 14.1. The molecule has 4 rings (SSSR count). The zero-order valence-electron chi connectivity index (χ0n) is 25.9. The van der Waals surface area contributed by atoms with Crippen LogP contribution in [0.3, 0.4) is 0 Å². The molecule has 1 heterocycles. The summed E-state index contributed by atoms with van der Waals surface area (Å²) in [6.45, 7) is 11.2. The number of hydrogen-bond donors (Lipinski definition) is 2. The fourth-order valence-corrected chi connectivity index (χ4v) is 8.51. The van der Waals surface area contributed by atoms with Crippen LogP contribution in [0, 0.1) is 22.7 Å². The Morgan fingerprint density at radius 3 is 1.93 bits per heavy atom. The first-order chi connectivity index (χ1) is 20.3. The quantitative estimate of drug-likeness (QED) is 0.233. The molecule has 14 heteroatoms. The molecule has 0 aromatic carbocycles. The van der Waals surface area contributed by atoms with Gasteiger partial charge in [0.05, 0.1) is 24.7 Å². The summed E-state index contributed by atoms with van der Waals surface area (Å²) in [6, 6.07) is 0. The number of ketones is 1. The number of Topliss-reactive ketones (excluding diaryl/α,β-unsaturated/α-hetero) is 1. The van der Waals surface area contributed by atoms with Gasteiger partial charge in [-0.2, -0.15) is 0 Å². The monoisotopic (exact) mass is 624 g/mol. The van der Waals surface area contributed by atoms with Crippen LogP contribution in [0.25, 0.3) is 0 Å². The highest BCUT2D eigenvalue weighted by Gasteiger charge is 2.85. The number of aliphatic hydroxyl groups excluding tert-OH is 2. The molecule has 1 saturated heterocycles. The van der Waals surface area contributed by atoms with Crippen molar-refractivity contribution in [2.45, 2.75) is 103 Å². The van der Waals surface area contributed by atoms with Crippen LogP contribution in [0.5, 0.6) is 0 Å². The Hall–Kier alpha value is -3.36. The van der Waals surface area contributed by atoms with Crippen LogP contribution in [0.1, 0.15) is 61.3 Å². The number of aliphatic hydroxyl groups is 2. The van der Waals surface area contributed by atoms with Gasteiger partial charge < -0.3 is 38.6 Å². The first-order valence-electron chi connectivity index (χ1n) is 14.4. The van der Waals surface area contributed by atoms with Crippen molar-refractivity contribution in [3.05, 3.63) is 12.2 Å². The van der Waals surface area contributed by atoms with Gasteiger partial charge in [-0.3, -0.25) is 28.8 Å². The number of fused-ring (bicyclic) bond motifs is 1. The lowest BCUT2D eigenvalue weighted by atomic mass is 9.43. The molecule has 3 saturated carbocycles. The third-order valence-corrected chi connectivity index (χ3v) is 10.1. The van der Waals surface area contributed by atoms with Gasteiger partial charge in [0.1, 0.15) is 12.2 Å². The molecule has 14 nitrogen and oxygen atoms in total. The third-order valence-electron chi connectivity index (χ3n) is 10.1. The van der Waals surface area contributed by atoms with Crippen LogP contribution in [0.15, 0.2) is 12.2 Å². The second-order valence-corrected chi connectivity index (χ2v) is 12.6. The highest BCUT2D eigenvalue weighted by molar-refractivity contribution is 5.92. The Bertz CT molecular complexity index is 1290. The van der Waals surface area contributed by atoms with Gasteiger partial charge >= 0.3 is 29.8 Å². The van der Waals surface area contributed by atoms with E-state index < -0.39 is 107 Å². The molecule has 244 valence electrons. The molecule has 4 fully saturated rings. The minimum Gasteiger partial charge on any atom is -0.462 e. The van der Waals surface area contributed by atoms with Crippen molar-refractivity contribution in [1.29, 1.82) is 0 Å². The standard InChI is InChI=1S/C30H40O14/c1-13-20(37)10-22(40-14(2)32)29(11-31)23(13)24(41-15(3)33)19-9-21(38)28(8)30(44-18(6)36,27(19,7)12-39-28)26(43-17(5)35)25(29)42-16(4)34/h19-20,22-26,31,37H,1,9-12H2,2-8H3/t19-,20-,22-,23-,24+,25-,26-,27-,28+,29+,30-/m0/s1. The predicted molar refractivity (Wildman–Crippen MR) is 145 cm³/mol. The van der Waals surface area contributed by atoms with Gasteiger partial charge in [-0.25, -0.2) is 0 Å². The molecule has 0 unspecified atom stereocenters. The van der Waals surface area contributed by atoms with E-state index in [-0.39, 0.29) is 25.0 Å². The van der Waals surface area contributed by atoms with Crippen LogP contribution in [0.2, 0.25) is 0 Å². The third kappa shape index (κ3) is 4.55. The minimum atomic E-state index is -2.23. The number of ether oxygens (including phenoxy) is 6. The Morgan fingerprint density at radius 1 is 0.886 bits per heavy atom. The molecule has 4 aliphatic rings. The van der Waals surface area contributed by atoms with Crippen molar-refractivity contribution in [3.63, 3.8) is 0 Å². The minimum absolute atomic E-state index is 0.0238. The molecular formula is C30H40O14. The van der Waals surface area contributed by atoms with Crippen LogP contribution in [-0.4, -0.2) is 101 Å². The summed E-state index contributed by atoms with van der Waals surface area (Å²) in [5.74, 6) is -7.43. The van der Waals surface area contributed by atoms with Crippen molar-refractivity contribution >= 4 is 35.6 Å². The van der Waals surface area contributed by atoms with E-state index in [2.05, 4.69) is 6.58 Å². The number of hydrogen-bond acceptors (Lipinski definition) is 14. The second kappa shape index (κ2) is 11.2. The molecule has 1 aliphatic heterocycles. The van der Waals surface area contributed by atoms with Gasteiger partial charge in [0.15, 0.2) is 29.2 Å². The van der Waals surface area contributed by atoms with E-state index in [0.29, 0.717) is 0 Å². The summed E-state index contributed by atoms with van der Waals surface area (Å²) < 4.78 is 35.7. The molecule has 2 N–H and O–H groups in total. The topological polar surface area (TPSA) is 198 Å². The molecule has 44 heavy (non-hydrogen) atoms. The molecule has 0 aromatic rings. The lowest BCUT2D eigenvalue weighted by Gasteiger charge is -2.65. The fourth-order valence-electron chi connectivity index (χ4n) is 8.51. The van der Waals surface area contributed by atoms with Gasteiger partial charge in [0.2, 0.25) is 0 Å². The van der Waals surface area contributed by atoms with Crippen LogP contribution in [0.4, 0.5) is 0 Å². The van der Waals surface area contributed by atoms with E-state index in [4.69, 9.17) is 28.4 Å².